The highest BCUT2D eigenvalue weighted by Gasteiger charge is 2.10. The fourth-order valence-corrected chi connectivity index (χ4v) is 3.29. The molecule has 164 valence electrons. The van der Waals surface area contributed by atoms with Gasteiger partial charge in [0.2, 0.25) is 10.0 Å². The molecule has 0 spiro atoms. The lowest BCUT2D eigenvalue weighted by molar-refractivity contribution is 0.172. The summed E-state index contributed by atoms with van der Waals surface area (Å²) in [6.45, 7) is 4.35. The van der Waals surface area contributed by atoms with E-state index in [1.807, 2.05) is 31.2 Å². The van der Waals surface area contributed by atoms with Gasteiger partial charge < -0.3 is 20.1 Å². The van der Waals surface area contributed by atoms with Crippen molar-refractivity contribution < 1.29 is 17.9 Å². The number of guanidine groups is 1. The summed E-state index contributed by atoms with van der Waals surface area (Å²) in [5.74, 6) is 1.40. The molecule has 0 heterocycles. The summed E-state index contributed by atoms with van der Waals surface area (Å²) in [7, 11) is -0.377. The van der Waals surface area contributed by atoms with Crippen molar-refractivity contribution in [3.63, 3.8) is 0 Å². The standard InChI is InChI=1S/C21H30N4O4S/c1-4-23-21(24-16-17-9-11-20(12-10-17)30(26,27)22-2)25-18-7-5-8-19(15-18)29-14-6-13-28-3/h5,7-12,15,22H,4,6,13-14,16H2,1-3H3,(H2,23,24,25). The number of rotatable bonds is 11. The van der Waals surface area contributed by atoms with Gasteiger partial charge in [0, 0.05) is 38.4 Å². The minimum atomic E-state index is -3.44. The Morgan fingerprint density at radius 1 is 1.10 bits per heavy atom. The molecule has 0 unspecified atom stereocenters. The van der Waals surface area contributed by atoms with E-state index in [9.17, 15) is 8.42 Å². The maximum atomic E-state index is 11.8. The van der Waals surface area contributed by atoms with Crippen molar-refractivity contribution in [3.05, 3.63) is 54.1 Å². The number of hydrogen-bond donors (Lipinski definition) is 3. The van der Waals surface area contributed by atoms with E-state index in [1.165, 1.54) is 7.05 Å². The van der Waals surface area contributed by atoms with Crippen molar-refractivity contribution in [3.8, 4) is 5.75 Å². The number of hydrogen-bond acceptors (Lipinski definition) is 5. The van der Waals surface area contributed by atoms with Gasteiger partial charge in [-0.1, -0.05) is 18.2 Å². The van der Waals surface area contributed by atoms with Crippen LogP contribution in [0.1, 0.15) is 18.9 Å². The Morgan fingerprint density at radius 3 is 2.53 bits per heavy atom. The molecular formula is C21H30N4O4S. The van der Waals surface area contributed by atoms with Crippen LogP contribution < -0.4 is 20.1 Å². The van der Waals surface area contributed by atoms with E-state index < -0.39 is 10.0 Å². The topological polar surface area (TPSA) is 101 Å². The fraction of sp³-hybridized carbons (Fsp3) is 0.381. The number of anilines is 1. The molecule has 9 heteroatoms. The van der Waals surface area contributed by atoms with E-state index in [4.69, 9.17) is 9.47 Å². The summed E-state index contributed by atoms with van der Waals surface area (Å²) in [6.07, 6.45) is 0.826. The van der Waals surface area contributed by atoms with Crippen molar-refractivity contribution in [1.29, 1.82) is 0 Å². The minimum Gasteiger partial charge on any atom is -0.493 e. The zero-order valence-electron chi connectivity index (χ0n) is 17.6. The highest BCUT2D eigenvalue weighted by atomic mass is 32.2. The normalized spacial score (nSPS) is 11.9. The van der Waals surface area contributed by atoms with Crippen LogP contribution in [0.5, 0.6) is 5.75 Å². The van der Waals surface area contributed by atoms with E-state index >= 15 is 0 Å². The molecule has 0 amide bonds. The molecule has 0 fully saturated rings. The molecule has 0 saturated heterocycles. The second kappa shape index (κ2) is 12.2. The van der Waals surface area contributed by atoms with E-state index in [-0.39, 0.29) is 4.90 Å². The van der Waals surface area contributed by atoms with Crippen molar-refractivity contribution >= 4 is 21.7 Å². The number of ether oxygens (including phenoxy) is 2. The molecule has 0 radical (unpaired) electrons. The molecule has 0 aliphatic rings. The number of nitrogens with one attached hydrogen (secondary N) is 3. The quantitative estimate of drug-likeness (QED) is 0.286. The van der Waals surface area contributed by atoms with E-state index in [2.05, 4.69) is 20.3 Å². The number of methoxy groups -OCH3 is 1. The van der Waals surface area contributed by atoms with Crippen molar-refractivity contribution in [2.45, 2.75) is 24.8 Å². The second-order valence-corrected chi connectivity index (χ2v) is 8.28. The first-order valence-corrected chi connectivity index (χ1v) is 11.3. The van der Waals surface area contributed by atoms with Crippen LogP contribution in [-0.2, 0) is 21.3 Å². The molecule has 2 aromatic carbocycles. The third-order valence-electron chi connectivity index (χ3n) is 4.12. The van der Waals surface area contributed by atoms with E-state index in [0.29, 0.717) is 32.3 Å². The van der Waals surface area contributed by atoms with Crippen LogP contribution in [0.3, 0.4) is 0 Å². The predicted molar refractivity (Wildman–Crippen MR) is 120 cm³/mol. The van der Waals surface area contributed by atoms with Crippen LogP contribution in [0.4, 0.5) is 5.69 Å². The van der Waals surface area contributed by atoms with Gasteiger partial charge in [-0.05, 0) is 43.8 Å². The average molecular weight is 435 g/mol. The fourth-order valence-electron chi connectivity index (χ4n) is 2.56. The molecule has 3 N–H and O–H groups in total. The van der Waals surface area contributed by atoms with Gasteiger partial charge in [0.15, 0.2) is 5.96 Å². The first-order chi connectivity index (χ1) is 14.5. The van der Waals surface area contributed by atoms with E-state index in [0.717, 1.165) is 23.4 Å². The Bertz CT molecular complexity index is 915. The second-order valence-electron chi connectivity index (χ2n) is 6.39. The molecular weight excluding hydrogens is 404 g/mol. The number of nitrogens with zero attached hydrogens (tertiary/aromatic N) is 1. The third-order valence-corrected chi connectivity index (χ3v) is 5.55. The molecule has 0 atom stereocenters. The van der Waals surface area contributed by atoms with Crippen molar-refractivity contribution in [2.24, 2.45) is 4.99 Å². The third kappa shape index (κ3) is 7.66. The van der Waals surface area contributed by atoms with Crippen LogP contribution >= 0.6 is 0 Å². The largest absolute Gasteiger partial charge is 0.493 e. The molecule has 8 nitrogen and oxygen atoms in total. The molecule has 2 rings (SSSR count). The van der Waals surface area contributed by atoms with Crippen LogP contribution in [0.15, 0.2) is 58.4 Å². The van der Waals surface area contributed by atoms with Gasteiger partial charge in [0.1, 0.15) is 5.75 Å². The highest BCUT2D eigenvalue weighted by Crippen LogP contribution is 2.18. The van der Waals surface area contributed by atoms with Gasteiger partial charge in [0.25, 0.3) is 0 Å². The summed E-state index contributed by atoms with van der Waals surface area (Å²) >= 11 is 0. The lowest BCUT2D eigenvalue weighted by atomic mass is 10.2. The van der Waals surface area contributed by atoms with Gasteiger partial charge in [-0.15, -0.1) is 0 Å². The van der Waals surface area contributed by atoms with Crippen molar-refractivity contribution in [2.75, 3.05) is 39.2 Å². The van der Waals surface area contributed by atoms with Crippen LogP contribution in [0.25, 0.3) is 0 Å². The smallest absolute Gasteiger partial charge is 0.240 e. The molecule has 0 saturated carbocycles. The summed E-state index contributed by atoms with van der Waals surface area (Å²) in [5.41, 5.74) is 1.76. The Morgan fingerprint density at radius 2 is 1.87 bits per heavy atom. The molecule has 0 aliphatic heterocycles. The maximum absolute atomic E-state index is 11.8. The Labute approximate surface area is 178 Å². The monoisotopic (exact) mass is 434 g/mol. The Kier molecular flexibility index (Phi) is 9.59. The molecule has 0 aliphatic carbocycles. The van der Waals surface area contributed by atoms with Gasteiger partial charge in [-0.3, -0.25) is 0 Å². The number of sulfonamides is 1. The molecule has 2 aromatic rings. The average Bonchev–Trinajstić information content (AvgIpc) is 2.76. The molecule has 0 bridgehead atoms. The lowest BCUT2D eigenvalue weighted by Gasteiger charge is -2.13. The maximum Gasteiger partial charge on any atom is 0.240 e. The highest BCUT2D eigenvalue weighted by molar-refractivity contribution is 7.89. The van der Waals surface area contributed by atoms with Gasteiger partial charge in [-0.25, -0.2) is 18.1 Å². The van der Waals surface area contributed by atoms with Crippen LogP contribution in [-0.4, -0.2) is 48.3 Å². The first-order valence-electron chi connectivity index (χ1n) is 9.78. The zero-order chi connectivity index (χ0) is 21.8. The predicted octanol–water partition coefficient (Wildman–Crippen LogP) is 2.59. The first kappa shape index (κ1) is 23.7. The Balaban J connectivity index is 2.02. The van der Waals surface area contributed by atoms with Crippen LogP contribution in [0, 0.1) is 0 Å². The summed E-state index contributed by atoms with van der Waals surface area (Å²) in [4.78, 5) is 4.81. The minimum absolute atomic E-state index is 0.227. The van der Waals surface area contributed by atoms with Gasteiger partial charge in [0.05, 0.1) is 18.0 Å². The lowest BCUT2D eigenvalue weighted by Crippen LogP contribution is -2.30. The summed E-state index contributed by atoms with van der Waals surface area (Å²) in [5, 5.41) is 6.47. The number of benzene rings is 2. The molecule has 30 heavy (non-hydrogen) atoms. The zero-order valence-corrected chi connectivity index (χ0v) is 18.5. The SMILES string of the molecule is CCNC(=NCc1ccc(S(=O)(=O)NC)cc1)Nc1cccc(OCCCOC)c1. The number of aliphatic imine (C=N–C) groups is 1. The summed E-state index contributed by atoms with van der Waals surface area (Å²) in [6, 6.07) is 14.3. The summed E-state index contributed by atoms with van der Waals surface area (Å²) < 4.78 is 36.7. The molecule has 0 aromatic heterocycles. The van der Waals surface area contributed by atoms with E-state index in [1.54, 1.807) is 31.4 Å². The Hall–Kier alpha value is -2.62. The van der Waals surface area contributed by atoms with Gasteiger partial charge in [-0.2, -0.15) is 0 Å². The van der Waals surface area contributed by atoms with Crippen molar-refractivity contribution in [1.82, 2.24) is 10.0 Å². The van der Waals surface area contributed by atoms with Gasteiger partial charge >= 0.3 is 0 Å². The van der Waals surface area contributed by atoms with Crippen LogP contribution in [0.2, 0.25) is 0 Å².